The number of hydrogen-bond acceptors (Lipinski definition) is 2. The molecule has 124 valence electrons. The number of carbonyl (C=O) groups excluding carboxylic acids is 1. The van der Waals surface area contributed by atoms with Crippen LogP contribution < -0.4 is 0 Å². The highest BCUT2D eigenvalue weighted by Gasteiger charge is 2.51. The van der Waals surface area contributed by atoms with E-state index in [-0.39, 0.29) is 17.0 Å². The zero-order valence-electron chi connectivity index (χ0n) is 14.2. The maximum Gasteiger partial charge on any atom is 0.312 e. The van der Waals surface area contributed by atoms with Crippen molar-refractivity contribution in [3.05, 3.63) is 0 Å². The van der Waals surface area contributed by atoms with Crippen LogP contribution in [0.4, 0.5) is 0 Å². The van der Waals surface area contributed by atoms with Crippen molar-refractivity contribution in [2.45, 2.75) is 97.0 Å². The second-order valence-corrected chi connectivity index (χ2v) is 8.34. The second-order valence-electron chi connectivity index (χ2n) is 7.55. The van der Waals surface area contributed by atoms with Crippen molar-refractivity contribution in [2.75, 3.05) is 5.33 Å². The molecule has 0 aromatic heterocycles. The summed E-state index contributed by atoms with van der Waals surface area (Å²) < 4.78 is 5.56. The van der Waals surface area contributed by atoms with E-state index >= 15 is 0 Å². The van der Waals surface area contributed by atoms with Crippen molar-refractivity contribution in [1.82, 2.24) is 0 Å². The van der Waals surface area contributed by atoms with Gasteiger partial charge in [0.2, 0.25) is 0 Å². The highest BCUT2D eigenvalue weighted by Crippen LogP contribution is 2.51. The third-order valence-electron chi connectivity index (χ3n) is 4.22. The van der Waals surface area contributed by atoms with E-state index < -0.39 is 0 Å². The second kappa shape index (κ2) is 9.17. The molecule has 1 aliphatic rings. The molecule has 0 heterocycles. The molecule has 0 spiro atoms. The molecule has 2 nitrogen and oxygen atoms in total. The van der Waals surface area contributed by atoms with E-state index in [4.69, 9.17) is 4.74 Å². The molecule has 0 amide bonds. The Balaban J connectivity index is 2.03. The molecule has 1 rings (SSSR count). The van der Waals surface area contributed by atoms with Crippen molar-refractivity contribution in [1.29, 1.82) is 0 Å². The van der Waals surface area contributed by atoms with E-state index in [0.29, 0.717) is 0 Å². The average molecular weight is 361 g/mol. The van der Waals surface area contributed by atoms with Crippen molar-refractivity contribution in [3.63, 3.8) is 0 Å². The van der Waals surface area contributed by atoms with Crippen LogP contribution in [0, 0.1) is 5.41 Å². The van der Waals surface area contributed by atoms with E-state index in [1.807, 2.05) is 20.8 Å². The fourth-order valence-electron chi connectivity index (χ4n) is 2.71. The highest BCUT2D eigenvalue weighted by atomic mass is 79.9. The summed E-state index contributed by atoms with van der Waals surface area (Å²) in [5, 5.41) is 1.14. The molecular formula is C18H33BrO2. The van der Waals surface area contributed by atoms with Crippen LogP contribution in [0.1, 0.15) is 91.4 Å². The van der Waals surface area contributed by atoms with Gasteiger partial charge >= 0.3 is 5.97 Å². The van der Waals surface area contributed by atoms with Gasteiger partial charge in [0.1, 0.15) is 5.60 Å². The summed E-state index contributed by atoms with van der Waals surface area (Å²) in [5.74, 6) is 0.0461. The maximum atomic E-state index is 12.2. The summed E-state index contributed by atoms with van der Waals surface area (Å²) in [4.78, 5) is 12.2. The first-order valence-corrected chi connectivity index (χ1v) is 9.81. The normalized spacial score (nSPS) is 16.8. The van der Waals surface area contributed by atoms with Crippen LogP contribution >= 0.6 is 15.9 Å². The van der Waals surface area contributed by atoms with Gasteiger partial charge in [-0.2, -0.15) is 0 Å². The Bertz CT molecular complexity index is 303. The summed E-state index contributed by atoms with van der Waals surface area (Å²) in [5.41, 5.74) is -0.453. The molecule has 1 saturated carbocycles. The molecule has 0 atom stereocenters. The molecule has 0 aromatic carbocycles. The molecular weight excluding hydrogens is 328 g/mol. The van der Waals surface area contributed by atoms with E-state index in [0.717, 1.165) is 24.6 Å². The van der Waals surface area contributed by atoms with Crippen LogP contribution in [0.2, 0.25) is 0 Å². The third kappa shape index (κ3) is 8.23. The summed E-state index contributed by atoms with van der Waals surface area (Å²) in [7, 11) is 0. The largest absolute Gasteiger partial charge is 0.460 e. The molecule has 0 aromatic rings. The fourth-order valence-corrected chi connectivity index (χ4v) is 3.11. The predicted octanol–water partition coefficient (Wildman–Crippen LogP) is 6.01. The smallest absolute Gasteiger partial charge is 0.312 e. The maximum absolute atomic E-state index is 12.2. The van der Waals surface area contributed by atoms with Gasteiger partial charge in [0, 0.05) is 5.33 Å². The molecule has 0 bridgehead atoms. The average Bonchev–Trinajstić information content (AvgIpc) is 3.16. The molecule has 0 N–H and O–H groups in total. The van der Waals surface area contributed by atoms with Crippen molar-refractivity contribution >= 4 is 21.9 Å². The number of esters is 1. The summed E-state index contributed by atoms with van der Waals surface area (Å²) in [6, 6.07) is 0. The lowest BCUT2D eigenvalue weighted by Crippen LogP contribution is -2.29. The first kappa shape index (κ1) is 19.0. The number of hydrogen-bond donors (Lipinski definition) is 0. The van der Waals surface area contributed by atoms with Gasteiger partial charge < -0.3 is 4.74 Å². The molecule has 0 unspecified atom stereocenters. The Morgan fingerprint density at radius 1 is 0.952 bits per heavy atom. The van der Waals surface area contributed by atoms with Crippen LogP contribution in [0.3, 0.4) is 0 Å². The number of unbranched alkanes of at least 4 members (excludes halogenated alkanes) is 7. The van der Waals surface area contributed by atoms with Gasteiger partial charge in [0.25, 0.3) is 0 Å². The number of carbonyl (C=O) groups is 1. The zero-order chi connectivity index (χ0) is 15.8. The zero-order valence-corrected chi connectivity index (χ0v) is 15.8. The first-order chi connectivity index (χ1) is 9.90. The molecule has 3 heteroatoms. The Kier molecular flexibility index (Phi) is 8.30. The molecule has 21 heavy (non-hydrogen) atoms. The molecule has 0 radical (unpaired) electrons. The summed E-state index contributed by atoms with van der Waals surface area (Å²) in [6.07, 6.45) is 13.6. The molecule has 0 saturated heterocycles. The van der Waals surface area contributed by atoms with E-state index in [9.17, 15) is 4.79 Å². The van der Waals surface area contributed by atoms with Crippen LogP contribution in [-0.4, -0.2) is 16.9 Å². The quantitative estimate of drug-likeness (QED) is 0.256. The first-order valence-electron chi connectivity index (χ1n) is 8.69. The Labute approximate surface area is 139 Å². The van der Waals surface area contributed by atoms with Gasteiger partial charge in [-0.05, 0) is 46.5 Å². The third-order valence-corrected chi connectivity index (χ3v) is 4.79. The minimum Gasteiger partial charge on any atom is -0.460 e. The van der Waals surface area contributed by atoms with Gasteiger partial charge in [-0.1, -0.05) is 60.9 Å². The number of ether oxygens (including phenoxy) is 1. The SMILES string of the molecule is CC(C)(C)OC(=O)C1(CCCCCCCCCCBr)CC1. The Hall–Kier alpha value is -0.0500. The predicted molar refractivity (Wildman–Crippen MR) is 92.9 cm³/mol. The highest BCUT2D eigenvalue weighted by molar-refractivity contribution is 9.09. The van der Waals surface area contributed by atoms with Crippen LogP contribution in [-0.2, 0) is 9.53 Å². The molecule has 1 fully saturated rings. The fraction of sp³-hybridized carbons (Fsp3) is 0.944. The molecule has 1 aliphatic carbocycles. The van der Waals surface area contributed by atoms with E-state index in [1.165, 1.54) is 51.4 Å². The number of alkyl halides is 1. The lowest BCUT2D eigenvalue weighted by atomic mass is 9.97. The monoisotopic (exact) mass is 360 g/mol. The lowest BCUT2D eigenvalue weighted by Gasteiger charge is -2.23. The molecule has 0 aliphatic heterocycles. The van der Waals surface area contributed by atoms with Crippen LogP contribution in [0.25, 0.3) is 0 Å². The van der Waals surface area contributed by atoms with Gasteiger partial charge in [0.05, 0.1) is 5.41 Å². The topological polar surface area (TPSA) is 26.3 Å². The van der Waals surface area contributed by atoms with Gasteiger partial charge in [-0.3, -0.25) is 4.79 Å². The number of halogens is 1. The van der Waals surface area contributed by atoms with Crippen LogP contribution in [0.15, 0.2) is 0 Å². The van der Waals surface area contributed by atoms with Crippen molar-refractivity contribution in [2.24, 2.45) is 5.41 Å². The van der Waals surface area contributed by atoms with Gasteiger partial charge in [0.15, 0.2) is 0 Å². The van der Waals surface area contributed by atoms with Crippen molar-refractivity contribution in [3.8, 4) is 0 Å². The van der Waals surface area contributed by atoms with Crippen LogP contribution in [0.5, 0.6) is 0 Å². The van der Waals surface area contributed by atoms with E-state index in [1.54, 1.807) is 0 Å². The Morgan fingerprint density at radius 2 is 1.43 bits per heavy atom. The summed E-state index contributed by atoms with van der Waals surface area (Å²) >= 11 is 3.47. The minimum absolute atomic E-state index is 0.0461. The van der Waals surface area contributed by atoms with Gasteiger partial charge in [-0.15, -0.1) is 0 Å². The summed E-state index contributed by atoms with van der Waals surface area (Å²) in [6.45, 7) is 5.86. The van der Waals surface area contributed by atoms with Crippen molar-refractivity contribution < 1.29 is 9.53 Å². The number of rotatable bonds is 11. The lowest BCUT2D eigenvalue weighted by molar-refractivity contribution is -0.162. The Morgan fingerprint density at radius 3 is 1.86 bits per heavy atom. The van der Waals surface area contributed by atoms with E-state index in [2.05, 4.69) is 15.9 Å². The standard InChI is InChI=1S/C18H33BrO2/c1-17(2,3)21-16(20)18(13-14-18)12-10-8-6-4-5-7-9-11-15-19/h4-15H2,1-3H3. The van der Waals surface area contributed by atoms with Gasteiger partial charge in [-0.25, -0.2) is 0 Å². The minimum atomic E-state index is -0.345.